The summed E-state index contributed by atoms with van der Waals surface area (Å²) in [6, 6.07) is 8.00. The minimum Gasteiger partial charge on any atom is -0.336 e. The standard InChI is InChI=1S/C19H24N4O3S/c1-2-21-13-18(20-14-21)27(25,26)22-10-7-16(8-11-22)19(24)23-12-9-15-5-3-4-6-17(15)23/h3-6,13-14,16H,2,7-12H2,1H3. The Morgan fingerprint density at radius 3 is 2.63 bits per heavy atom. The maximum Gasteiger partial charge on any atom is 0.262 e. The van der Waals surface area contributed by atoms with Crippen molar-refractivity contribution in [2.24, 2.45) is 5.92 Å². The van der Waals surface area contributed by atoms with Gasteiger partial charge in [0.25, 0.3) is 10.0 Å². The van der Waals surface area contributed by atoms with E-state index in [1.807, 2.05) is 30.0 Å². The van der Waals surface area contributed by atoms with E-state index < -0.39 is 10.0 Å². The lowest BCUT2D eigenvalue weighted by molar-refractivity contribution is -0.123. The number of anilines is 1. The number of aromatic nitrogens is 2. The third-order valence-corrected chi connectivity index (χ3v) is 7.32. The van der Waals surface area contributed by atoms with E-state index in [0.29, 0.717) is 39.0 Å². The van der Waals surface area contributed by atoms with Crippen LogP contribution in [0.25, 0.3) is 0 Å². The van der Waals surface area contributed by atoms with Gasteiger partial charge in [-0.2, -0.15) is 4.31 Å². The van der Waals surface area contributed by atoms with Gasteiger partial charge in [-0.1, -0.05) is 18.2 Å². The number of aryl methyl sites for hydroxylation is 1. The van der Waals surface area contributed by atoms with Crippen molar-refractivity contribution in [1.82, 2.24) is 13.9 Å². The molecule has 1 saturated heterocycles. The summed E-state index contributed by atoms with van der Waals surface area (Å²) in [5, 5.41) is 0.0857. The van der Waals surface area contributed by atoms with Crippen molar-refractivity contribution in [1.29, 1.82) is 0 Å². The Balaban J connectivity index is 1.42. The first-order valence-electron chi connectivity index (χ1n) is 9.42. The molecule has 2 aliphatic rings. The molecular weight excluding hydrogens is 364 g/mol. The lowest BCUT2D eigenvalue weighted by Gasteiger charge is -2.32. The molecule has 0 spiro atoms. The van der Waals surface area contributed by atoms with E-state index in [1.54, 1.807) is 10.8 Å². The van der Waals surface area contributed by atoms with E-state index in [9.17, 15) is 13.2 Å². The second kappa shape index (κ2) is 7.09. The van der Waals surface area contributed by atoms with Gasteiger partial charge < -0.3 is 9.47 Å². The highest BCUT2D eigenvalue weighted by molar-refractivity contribution is 7.89. The molecular formula is C19H24N4O3S. The number of para-hydroxylation sites is 1. The van der Waals surface area contributed by atoms with Crippen molar-refractivity contribution in [2.45, 2.75) is 37.8 Å². The van der Waals surface area contributed by atoms with Crippen molar-refractivity contribution in [3.8, 4) is 0 Å². The first-order chi connectivity index (χ1) is 13.0. The Labute approximate surface area is 159 Å². The van der Waals surface area contributed by atoms with Crippen LogP contribution in [0.1, 0.15) is 25.3 Å². The fourth-order valence-corrected chi connectivity index (χ4v) is 5.31. The topological polar surface area (TPSA) is 75.5 Å². The largest absolute Gasteiger partial charge is 0.336 e. The van der Waals surface area contributed by atoms with Gasteiger partial charge in [0.05, 0.1) is 6.33 Å². The predicted molar refractivity (Wildman–Crippen MR) is 102 cm³/mol. The first kappa shape index (κ1) is 18.2. The number of nitrogens with zero attached hydrogens (tertiary/aromatic N) is 4. The number of imidazole rings is 1. The van der Waals surface area contributed by atoms with Gasteiger partial charge in [0.1, 0.15) is 0 Å². The molecule has 0 unspecified atom stereocenters. The molecule has 2 aliphatic heterocycles. The molecule has 0 radical (unpaired) electrons. The minimum atomic E-state index is -3.59. The van der Waals surface area contributed by atoms with Crippen molar-refractivity contribution >= 4 is 21.6 Å². The quantitative estimate of drug-likeness (QED) is 0.802. The fourth-order valence-electron chi connectivity index (χ4n) is 3.91. The van der Waals surface area contributed by atoms with Crippen LogP contribution >= 0.6 is 0 Å². The molecule has 1 aromatic heterocycles. The van der Waals surface area contributed by atoms with E-state index in [-0.39, 0.29) is 16.9 Å². The molecule has 0 N–H and O–H groups in total. The zero-order chi connectivity index (χ0) is 19.0. The molecule has 0 atom stereocenters. The lowest BCUT2D eigenvalue weighted by atomic mass is 9.96. The van der Waals surface area contributed by atoms with E-state index in [2.05, 4.69) is 11.1 Å². The maximum atomic E-state index is 13.0. The summed E-state index contributed by atoms with van der Waals surface area (Å²) in [6.07, 6.45) is 5.08. The molecule has 1 aromatic carbocycles. The average molecular weight is 388 g/mol. The van der Waals surface area contributed by atoms with Crippen LogP contribution in [-0.4, -0.2) is 47.8 Å². The van der Waals surface area contributed by atoms with Gasteiger partial charge in [0, 0.05) is 44.0 Å². The van der Waals surface area contributed by atoms with Crippen LogP contribution < -0.4 is 4.90 Å². The number of carbonyl (C=O) groups excluding carboxylic acids is 1. The Bertz CT molecular complexity index is 945. The molecule has 1 amide bonds. The highest BCUT2D eigenvalue weighted by atomic mass is 32.2. The molecule has 4 rings (SSSR count). The van der Waals surface area contributed by atoms with Crippen molar-refractivity contribution in [3.63, 3.8) is 0 Å². The highest BCUT2D eigenvalue weighted by Crippen LogP contribution is 2.31. The number of piperidine rings is 1. The minimum absolute atomic E-state index is 0.0857. The van der Waals surface area contributed by atoms with E-state index in [1.165, 1.54) is 16.2 Å². The second-order valence-electron chi connectivity index (χ2n) is 7.09. The summed E-state index contributed by atoms with van der Waals surface area (Å²) in [5.74, 6) is -0.0111. The summed E-state index contributed by atoms with van der Waals surface area (Å²) in [7, 11) is -3.59. The van der Waals surface area contributed by atoms with Crippen LogP contribution in [0.5, 0.6) is 0 Å². The number of rotatable bonds is 4. The van der Waals surface area contributed by atoms with E-state index in [4.69, 9.17) is 0 Å². The number of carbonyl (C=O) groups is 1. The number of hydrogen-bond donors (Lipinski definition) is 0. The zero-order valence-corrected chi connectivity index (χ0v) is 16.2. The third-order valence-electron chi connectivity index (χ3n) is 5.54. The lowest BCUT2D eigenvalue weighted by Crippen LogP contribution is -2.44. The second-order valence-corrected chi connectivity index (χ2v) is 8.97. The Morgan fingerprint density at radius 2 is 1.93 bits per heavy atom. The average Bonchev–Trinajstić information content (AvgIpc) is 3.35. The predicted octanol–water partition coefficient (Wildman–Crippen LogP) is 1.89. The highest BCUT2D eigenvalue weighted by Gasteiger charge is 2.36. The number of amides is 1. The molecule has 3 heterocycles. The number of hydrogen-bond acceptors (Lipinski definition) is 4. The summed E-state index contributed by atoms with van der Waals surface area (Å²) < 4.78 is 28.7. The van der Waals surface area contributed by atoms with Gasteiger partial charge >= 0.3 is 0 Å². The van der Waals surface area contributed by atoms with Crippen molar-refractivity contribution in [2.75, 3.05) is 24.5 Å². The van der Waals surface area contributed by atoms with Crippen LogP contribution in [0.15, 0.2) is 41.8 Å². The summed E-state index contributed by atoms with van der Waals surface area (Å²) >= 11 is 0. The van der Waals surface area contributed by atoms with E-state index in [0.717, 1.165) is 12.1 Å². The Kier molecular flexibility index (Phi) is 4.77. The normalized spacial score (nSPS) is 18.6. The Morgan fingerprint density at radius 1 is 1.19 bits per heavy atom. The smallest absolute Gasteiger partial charge is 0.262 e. The summed E-state index contributed by atoms with van der Waals surface area (Å²) in [5.41, 5.74) is 2.21. The van der Waals surface area contributed by atoms with E-state index >= 15 is 0 Å². The molecule has 1 fully saturated rings. The molecule has 0 aliphatic carbocycles. The van der Waals surface area contributed by atoms with Crippen molar-refractivity contribution < 1.29 is 13.2 Å². The van der Waals surface area contributed by atoms with Crippen LogP contribution in [0, 0.1) is 5.92 Å². The molecule has 27 heavy (non-hydrogen) atoms. The van der Waals surface area contributed by atoms with Gasteiger partial charge in [-0.25, -0.2) is 13.4 Å². The molecule has 0 bridgehead atoms. The SMILES string of the molecule is CCn1cnc(S(=O)(=O)N2CCC(C(=O)N3CCc4ccccc43)CC2)c1. The maximum absolute atomic E-state index is 13.0. The van der Waals surface area contributed by atoms with Crippen LogP contribution in [0.2, 0.25) is 0 Å². The fraction of sp³-hybridized carbons (Fsp3) is 0.474. The summed E-state index contributed by atoms with van der Waals surface area (Å²) in [6.45, 7) is 4.04. The summed E-state index contributed by atoms with van der Waals surface area (Å²) in [4.78, 5) is 18.9. The van der Waals surface area contributed by atoms with Gasteiger partial charge in [-0.15, -0.1) is 0 Å². The molecule has 144 valence electrons. The zero-order valence-electron chi connectivity index (χ0n) is 15.4. The van der Waals surface area contributed by atoms with Crippen LogP contribution in [0.3, 0.4) is 0 Å². The molecule has 0 saturated carbocycles. The van der Waals surface area contributed by atoms with Crippen molar-refractivity contribution in [3.05, 3.63) is 42.4 Å². The molecule has 2 aromatic rings. The number of benzene rings is 1. The Hall–Kier alpha value is -2.19. The molecule has 7 nitrogen and oxygen atoms in total. The monoisotopic (exact) mass is 388 g/mol. The van der Waals surface area contributed by atoms with Gasteiger partial charge in [0.2, 0.25) is 5.91 Å². The third kappa shape index (κ3) is 3.27. The number of fused-ring (bicyclic) bond motifs is 1. The molecule has 8 heteroatoms. The van der Waals surface area contributed by atoms with Crippen LogP contribution in [0.4, 0.5) is 5.69 Å². The van der Waals surface area contributed by atoms with Gasteiger partial charge in [0.15, 0.2) is 5.03 Å². The van der Waals surface area contributed by atoms with Gasteiger partial charge in [-0.05, 0) is 37.8 Å². The van der Waals surface area contributed by atoms with Gasteiger partial charge in [-0.3, -0.25) is 4.79 Å². The number of sulfonamides is 1. The first-order valence-corrected chi connectivity index (χ1v) is 10.9. The van der Waals surface area contributed by atoms with Crippen LogP contribution in [-0.2, 0) is 27.8 Å².